The van der Waals surface area contributed by atoms with E-state index < -0.39 is 5.97 Å². The van der Waals surface area contributed by atoms with Gasteiger partial charge in [-0.05, 0) is 52.0 Å². The molecule has 0 spiro atoms. The summed E-state index contributed by atoms with van der Waals surface area (Å²) in [6.07, 6.45) is 1.79. The van der Waals surface area contributed by atoms with E-state index >= 15 is 0 Å². The Morgan fingerprint density at radius 2 is 2.00 bits per heavy atom. The number of hydrogen-bond donors (Lipinski definition) is 0. The van der Waals surface area contributed by atoms with Crippen LogP contribution in [0.2, 0.25) is 0 Å². The Morgan fingerprint density at radius 3 is 2.58 bits per heavy atom. The first kappa shape index (κ1) is 17.7. The van der Waals surface area contributed by atoms with Gasteiger partial charge in [0.05, 0.1) is 12.2 Å². The van der Waals surface area contributed by atoms with Crippen LogP contribution < -0.4 is 4.90 Å². The predicted octanol–water partition coefficient (Wildman–Crippen LogP) is 3.31. The molecule has 0 aliphatic rings. The molecule has 6 heteroatoms. The smallest absolute Gasteiger partial charge is 0.338 e. The number of hydrogen-bond acceptors (Lipinski definition) is 4. The van der Waals surface area contributed by atoms with Crippen molar-refractivity contribution in [1.82, 2.24) is 9.78 Å². The molecule has 0 saturated carbocycles. The number of rotatable bonds is 6. The van der Waals surface area contributed by atoms with Crippen LogP contribution in [-0.2, 0) is 4.74 Å². The van der Waals surface area contributed by atoms with Crippen LogP contribution in [0.25, 0.3) is 0 Å². The maximum absolute atomic E-state index is 12.8. The molecule has 0 atom stereocenters. The number of ether oxygens (including phenoxy) is 1. The van der Waals surface area contributed by atoms with Crippen LogP contribution in [0.5, 0.6) is 0 Å². The van der Waals surface area contributed by atoms with Crippen LogP contribution in [0.4, 0.5) is 5.69 Å². The minimum atomic E-state index is -0.396. The van der Waals surface area contributed by atoms with Crippen molar-refractivity contribution in [1.29, 1.82) is 0 Å². The molecule has 6 nitrogen and oxygen atoms in total. The average molecular weight is 329 g/mol. The van der Waals surface area contributed by atoms with Crippen molar-refractivity contribution >= 4 is 17.6 Å². The zero-order valence-electron chi connectivity index (χ0n) is 14.5. The number of esters is 1. The fourth-order valence-electron chi connectivity index (χ4n) is 2.34. The average Bonchev–Trinajstić information content (AvgIpc) is 3.06. The van der Waals surface area contributed by atoms with E-state index in [2.05, 4.69) is 5.10 Å². The van der Waals surface area contributed by atoms with Gasteiger partial charge < -0.3 is 9.64 Å². The lowest BCUT2D eigenvalue weighted by Gasteiger charge is -2.20. The van der Waals surface area contributed by atoms with E-state index in [9.17, 15) is 9.59 Å². The Bertz CT molecular complexity index is 722. The summed E-state index contributed by atoms with van der Waals surface area (Å²) in [5.41, 5.74) is 1.45. The van der Waals surface area contributed by atoms with E-state index in [1.165, 1.54) is 0 Å². The van der Waals surface area contributed by atoms with Crippen molar-refractivity contribution in [2.75, 3.05) is 18.1 Å². The number of carbonyl (C=O) groups excluding carboxylic acids is 2. The van der Waals surface area contributed by atoms with Crippen LogP contribution in [0.1, 0.15) is 54.6 Å². The highest BCUT2D eigenvalue weighted by atomic mass is 16.5. The number of anilines is 1. The summed E-state index contributed by atoms with van der Waals surface area (Å²) in [5, 5.41) is 4.32. The highest BCUT2D eigenvalue weighted by Gasteiger charge is 2.20. The van der Waals surface area contributed by atoms with Crippen LogP contribution in [0, 0.1) is 0 Å². The Kier molecular flexibility index (Phi) is 5.73. The van der Waals surface area contributed by atoms with Crippen LogP contribution in [-0.4, -0.2) is 34.8 Å². The number of carbonyl (C=O) groups is 2. The van der Waals surface area contributed by atoms with Crippen molar-refractivity contribution in [2.24, 2.45) is 0 Å². The predicted molar refractivity (Wildman–Crippen MR) is 92.4 cm³/mol. The second-order valence-corrected chi connectivity index (χ2v) is 5.59. The summed E-state index contributed by atoms with van der Waals surface area (Å²) in [5.74, 6) is -0.593. The van der Waals surface area contributed by atoms with Crippen molar-refractivity contribution in [3.63, 3.8) is 0 Å². The third kappa shape index (κ3) is 3.82. The summed E-state index contributed by atoms with van der Waals surface area (Å²) in [6.45, 7) is 8.43. The third-order valence-corrected chi connectivity index (χ3v) is 3.59. The van der Waals surface area contributed by atoms with Crippen molar-refractivity contribution < 1.29 is 14.3 Å². The Labute approximate surface area is 142 Å². The van der Waals surface area contributed by atoms with Crippen molar-refractivity contribution in [2.45, 2.75) is 33.7 Å². The molecule has 0 fully saturated rings. The lowest BCUT2D eigenvalue weighted by atomic mass is 10.2. The SMILES string of the molecule is CCOC(=O)c1cccc(N(CC)C(=O)c2ccn(C(C)C)n2)c1. The summed E-state index contributed by atoms with van der Waals surface area (Å²) in [4.78, 5) is 26.2. The fourth-order valence-corrected chi connectivity index (χ4v) is 2.34. The van der Waals surface area contributed by atoms with Gasteiger partial charge in [-0.25, -0.2) is 4.79 Å². The molecule has 1 aromatic heterocycles. The molecule has 2 rings (SSSR count). The molecule has 0 saturated heterocycles. The van der Waals surface area contributed by atoms with Gasteiger partial charge in [-0.3, -0.25) is 9.48 Å². The van der Waals surface area contributed by atoms with E-state index in [1.54, 1.807) is 53.0 Å². The zero-order chi connectivity index (χ0) is 17.7. The first-order valence-corrected chi connectivity index (χ1v) is 8.12. The van der Waals surface area contributed by atoms with Crippen molar-refractivity contribution in [3.8, 4) is 0 Å². The van der Waals surface area contributed by atoms with E-state index in [0.717, 1.165) is 0 Å². The largest absolute Gasteiger partial charge is 0.462 e. The highest BCUT2D eigenvalue weighted by Crippen LogP contribution is 2.19. The number of nitrogens with zero attached hydrogens (tertiary/aromatic N) is 3. The van der Waals surface area contributed by atoms with Gasteiger partial charge in [0.2, 0.25) is 0 Å². The van der Waals surface area contributed by atoms with Crippen LogP contribution in [0.15, 0.2) is 36.5 Å². The molecule has 2 aromatic rings. The van der Waals surface area contributed by atoms with Gasteiger partial charge in [-0.15, -0.1) is 0 Å². The molecule has 24 heavy (non-hydrogen) atoms. The second-order valence-electron chi connectivity index (χ2n) is 5.59. The molecule has 0 bridgehead atoms. The Balaban J connectivity index is 2.28. The quantitative estimate of drug-likeness (QED) is 0.763. The molecule has 1 amide bonds. The first-order valence-electron chi connectivity index (χ1n) is 8.12. The minimum Gasteiger partial charge on any atom is -0.462 e. The van der Waals surface area contributed by atoms with E-state index in [1.807, 2.05) is 20.8 Å². The fraction of sp³-hybridized carbons (Fsp3) is 0.389. The highest BCUT2D eigenvalue weighted by molar-refractivity contribution is 6.05. The molecule has 1 heterocycles. The molecule has 1 aromatic carbocycles. The van der Waals surface area contributed by atoms with Gasteiger partial charge in [0.15, 0.2) is 5.69 Å². The standard InChI is InChI=1S/C18H23N3O3/c1-5-20(17(22)16-10-11-21(19-16)13(3)4)15-9-7-8-14(12-15)18(23)24-6-2/h7-13H,5-6H2,1-4H3. The maximum atomic E-state index is 12.8. The zero-order valence-corrected chi connectivity index (χ0v) is 14.5. The summed E-state index contributed by atoms with van der Waals surface area (Å²) in [7, 11) is 0. The van der Waals surface area contributed by atoms with Crippen LogP contribution in [0.3, 0.4) is 0 Å². The summed E-state index contributed by atoms with van der Waals surface area (Å²) in [6, 6.07) is 8.77. The summed E-state index contributed by atoms with van der Waals surface area (Å²) < 4.78 is 6.76. The molecule has 0 N–H and O–H groups in total. The normalized spacial score (nSPS) is 10.7. The molecule has 0 aliphatic carbocycles. The molecule has 128 valence electrons. The number of amides is 1. The maximum Gasteiger partial charge on any atom is 0.338 e. The Morgan fingerprint density at radius 1 is 1.25 bits per heavy atom. The lowest BCUT2D eigenvalue weighted by Crippen LogP contribution is -2.31. The summed E-state index contributed by atoms with van der Waals surface area (Å²) >= 11 is 0. The van der Waals surface area contributed by atoms with Gasteiger partial charge in [0.25, 0.3) is 5.91 Å². The van der Waals surface area contributed by atoms with Gasteiger partial charge in [-0.2, -0.15) is 5.10 Å². The first-order chi connectivity index (χ1) is 11.5. The topological polar surface area (TPSA) is 64.4 Å². The lowest BCUT2D eigenvalue weighted by molar-refractivity contribution is 0.0526. The molecular formula is C18H23N3O3. The molecule has 0 aliphatic heterocycles. The Hall–Kier alpha value is -2.63. The van der Waals surface area contributed by atoms with Gasteiger partial charge >= 0.3 is 5.97 Å². The minimum absolute atomic E-state index is 0.189. The van der Waals surface area contributed by atoms with Gasteiger partial charge in [0.1, 0.15) is 0 Å². The van der Waals surface area contributed by atoms with E-state index in [0.29, 0.717) is 30.1 Å². The molecule has 0 unspecified atom stereocenters. The number of aromatic nitrogens is 2. The second kappa shape index (κ2) is 7.77. The molecule has 0 radical (unpaired) electrons. The monoisotopic (exact) mass is 329 g/mol. The van der Waals surface area contributed by atoms with E-state index in [-0.39, 0.29) is 11.9 Å². The van der Waals surface area contributed by atoms with Gasteiger partial charge in [0, 0.05) is 24.5 Å². The van der Waals surface area contributed by atoms with Crippen LogP contribution >= 0.6 is 0 Å². The van der Waals surface area contributed by atoms with Crippen molar-refractivity contribution in [3.05, 3.63) is 47.8 Å². The number of benzene rings is 1. The molecular weight excluding hydrogens is 306 g/mol. The van der Waals surface area contributed by atoms with Gasteiger partial charge in [-0.1, -0.05) is 6.07 Å². The third-order valence-electron chi connectivity index (χ3n) is 3.59. The van der Waals surface area contributed by atoms with E-state index in [4.69, 9.17) is 4.74 Å².